The number of aromatic amines is 1. The summed E-state index contributed by atoms with van der Waals surface area (Å²) in [7, 11) is 0. The van der Waals surface area contributed by atoms with Gasteiger partial charge in [0.25, 0.3) is 5.91 Å². The van der Waals surface area contributed by atoms with Gasteiger partial charge < -0.3 is 63.3 Å². The van der Waals surface area contributed by atoms with Crippen molar-refractivity contribution < 1.29 is 79.0 Å². The van der Waals surface area contributed by atoms with E-state index in [1.165, 1.54) is 24.3 Å². The molecule has 28 heteroatoms. The van der Waals surface area contributed by atoms with Crippen molar-refractivity contribution in [1.29, 1.82) is 0 Å². The second-order valence-electron chi connectivity index (χ2n) is 27.9. The predicted octanol–water partition coefficient (Wildman–Crippen LogP) is 16.1. The van der Waals surface area contributed by atoms with E-state index < -0.39 is 35.4 Å². The molecule has 0 unspecified atom stereocenters. The second kappa shape index (κ2) is 44.0. The van der Waals surface area contributed by atoms with E-state index in [-0.39, 0.29) is 23.3 Å². The average molecular weight is 1610 g/mol. The molecule has 21 nitrogen and oxygen atoms in total. The van der Waals surface area contributed by atoms with Crippen LogP contribution < -0.4 is 11.1 Å². The van der Waals surface area contributed by atoms with E-state index in [0.29, 0.717) is 35.5 Å². The Balaban J connectivity index is 0.000000164. The van der Waals surface area contributed by atoms with E-state index in [9.17, 15) is 50.6 Å². The van der Waals surface area contributed by atoms with Gasteiger partial charge in [-0.25, -0.2) is 14.4 Å². The highest BCUT2D eigenvalue weighted by atomic mass is 35.5. The van der Waals surface area contributed by atoms with Gasteiger partial charge in [0.1, 0.15) is 0 Å². The van der Waals surface area contributed by atoms with E-state index in [2.05, 4.69) is 49.7 Å². The fourth-order valence-electron chi connectivity index (χ4n) is 14.5. The van der Waals surface area contributed by atoms with Crippen LogP contribution in [0.3, 0.4) is 0 Å². The molecule has 616 valence electrons. The van der Waals surface area contributed by atoms with Crippen molar-refractivity contribution in [2.75, 3.05) is 162 Å². The van der Waals surface area contributed by atoms with Gasteiger partial charge in [0.15, 0.2) is 0 Å². The number of halogens is 7. The van der Waals surface area contributed by atoms with Crippen molar-refractivity contribution in [3.63, 3.8) is 0 Å². The molecule has 14 rings (SSSR count). The number of aryl methyl sites for hydroxylation is 4. The number of H-pyrrole nitrogens is 1. The Hall–Kier alpha value is -9.29. The Morgan fingerprint density at radius 1 is 0.456 bits per heavy atom. The molecule has 0 aliphatic carbocycles. The van der Waals surface area contributed by atoms with Crippen LogP contribution in [-0.4, -0.2) is 218 Å². The number of nitrogens with two attached hydrogens (primary N) is 1. The summed E-state index contributed by atoms with van der Waals surface area (Å²) < 4.78 is 113. The van der Waals surface area contributed by atoms with Crippen LogP contribution in [0.1, 0.15) is 115 Å². The second-order valence-corrected chi connectivity index (χ2v) is 28.3. The number of alkyl halides is 7. The Bertz CT molecular complexity index is 4730. The number of nitrogen functional groups attached to an aromatic ring is 1. The van der Waals surface area contributed by atoms with Gasteiger partial charge in [-0.2, -0.15) is 26.3 Å². The molecule has 4 aliphatic rings. The number of benzene rings is 6. The molecule has 0 radical (unpaired) electrons. The number of nitrogens with zero attached hydrogens (tertiary/aromatic N) is 7. The normalized spacial score (nSPS) is 15.1. The van der Waals surface area contributed by atoms with Gasteiger partial charge in [0, 0.05) is 175 Å². The molecule has 4 aliphatic heterocycles. The third-order valence-corrected chi connectivity index (χ3v) is 20.5. The zero-order valence-corrected chi connectivity index (χ0v) is 66.7. The molecular weight excluding hydrogens is 1500 g/mol. The Morgan fingerprint density at radius 2 is 0.816 bits per heavy atom. The van der Waals surface area contributed by atoms with Crippen LogP contribution >= 0.6 is 11.6 Å². The van der Waals surface area contributed by atoms with Crippen molar-refractivity contribution in [2.24, 2.45) is 0 Å². The van der Waals surface area contributed by atoms with Crippen molar-refractivity contribution in [2.45, 2.75) is 99.2 Å². The summed E-state index contributed by atoms with van der Waals surface area (Å²) in [6.45, 7) is 33.4. The average Bonchev–Trinajstić information content (AvgIpc) is 1.64. The van der Waals surface area contributed by atoms with Gasteiger partial charge >= 0.3 is 30.3 Å². The molecule has 4 aromatic heterocycles. The first-order valence-corrected chi connectivity index (χ1v) is 39.5. The minimum absolute atomic E-state index is 0.119. The minimum Gasteiger partial charge on any atom is -0.478 e. The molecule has 114 heavy (non-hydrogen) atoms. The molecule has 8 heterocycles. The number of carboxylic acid groups (broad SMARTS) is 1. The monoisotopic (exact) mass is 1600 g/mol. The lowest BCUT2D eigenvalue weighted by Gasteiger charge is -2.26. The number of nitrogens with one attached hydrogen (secondary N) is 2. The van der Waals surface area contributed by atoms with Crippen LogP contribution in [0.5, 0.6) is 0 Å². The molecule has 1 amide bonds. The SMILES string of the molecule is CCOC(=O)c1c(C)[nH]c2ccccc12.CCOC(=O)c1c(C)n(CCCN2CCOCC2)c2ccccc12.Cc1c(C(=O)Nc2cccc(C(F)(F)F)c2)c2ccccc2n1CCCN1CCOCC1.Cc1c(C(=O)O)c2ccccc2n1CCCN1CCOCC1.ClCCCN1CCOCC1.Nc1cccc(C(F)(F)F)c1. The highest BCUT2D eigenvalue weighted by Crippen LogP contribution is 2.34. The maximum Gasteiger partial charge on any atom is 0.416 e. The van der Waals surface area contributed by atoms with Crippen LogP contribution in [0.2, 0.25) is 0 Å². The quantitative estimate of drug-likeness (QED) is 0.0214. The largest absolute Gasteiger partial charge is 0.478 e. The number of para-hydroxylation sites is 4. The topological polar surface area (TPSA) is 225 Å². The number of rotatable bonds is 22. The number of aromatic nitrogens is 4. The maximum absolute atomic E-state index is 13.1. The number of amides is 1. The number of carboxylic acids is 1. The van der Waals surface area contributed by atoms with Gasteiger partial charge in [-0.3, -0.25) is 24.4 Å². The number of carbonyl (C=O) groups is 4. The summed E-state index contributed by atoms with van der Waals surface area (Å²) in [5.41, 5.74) is 13.7. The predicted molar refractivity (Wildman–Crippen MR) is 435 cm³/mol. The molecule has 0 spiro atoms. The maximum atomic E-state index is 13.1. The number of esters is 2. The van der Waals surface area contributed by atoms with Crippen LogP contribution in [0.15, 0.2) is 146 Å². The smallest absolute Gasteiger partial charge is 0.416 e. The van der Waals surface area contributed by atoms with Crippen molar-refractivity contribution in [3.05, 3.63) is 202 Å². The standard InChI is InChI=1S/C24H26F3N3O2.C19H26N2O3.C17H22N2O3.C12H13NO2.C7H14ClNO.C7H6F3N/c1-17-22(23(31)28-19-7-4-6-18(16-19)24(25,26)27)20-8-2-3-9-21(20)30(17)11-5-10-29-12-14-32-15-13-29;1-3-24-19(22)18-15(2)21(17-8-5-4-7-16(17)18)10-6-9-20-11-13-23-14-12-20;1-13-16(17(20)21)14-5-2-3-6-15(14)19(13)8-4-7-18-9-11-22-12-10-18;1-3-15-12(14)11-8(2)13-10-7-5-4-6-9(10)11;8-2-1-3-9-4-6-10-7-5-9;8-7(9,10)5-2-1-3-6(11)4-5/h2-4,6-9,16H,5,10-15H2,1H3,(H,28,31);4-5,7-8H,3,6,9-14H2,1-2H3;2-3,5-6H,4,7-12H2,1H3,(H,20,21);4-7,13H,3H2,1-2H3;1-7H2;1-4H,11H2. The van der Waals surface area contributed by atoms with Gasteiger partial charge in [0.05, 0.1) is 99.4 Å². The fraction of sp³-hybridized carbons (Fsp3) is 0.442. The number of hydrogen-bond acceptors (Lipinski definition) is 15. The first kappa shape index (κ1) is 88.7. The zero-order chi connectivity index (χ0) is 81.7. The highest BCUT2D eigenvalue weighted by Gasteiger charge is 2.32. The summed E-state index contributed by atoms with van der Waals surface area (Å²) in [4.78, 5) is 61.5. The first-order chi connectivity index (χ1) is 54.9. The van der Waals surface area contributed by atoms with Gasteiger partial charge in [-0.1, -0.05) is 84.9 Å². The van der Waals surface area contributed by atoms with Gasteiger partial charge in [0.2, 0.25) is 0 Å². The highest BCUT2D eigenvalue weighted by molar-refractivity contribution is 6.18. The first-order valence-electron chi connectivity index (χ1n) is 39.0. The van der Waals surface area contributed by atoms with E-state index in [1.54, 1.807) is 0 Å². The van der Waals surface area contributed by atoms with E-state index in [4.69, 9.17) is 45.8 Å². The lowest BCUT2D eigenvalue weighted by molar-refractivity contribution is -0.138. The summed E-state index contributed by atoms with van der Waals surface area (Å²) in [6.07, 6.45) is -4.67. The number of hydrogen-bond donors (Lipinski definition) is 4. The number of ether oxygens (including phenoxy) is 6. The molecule has 6 aromatic carbocycles. The third-order valence-electron chi connectivity index (χ3n) is 20.2. The Labute approximate surface area is 667 Å². The molecule has 10 aromatic rings. The molecule has 4 saturated heterocycles. The molecule has 0 bridgehead atoms. The van der Waals surface area contributed by atoms with Crippen LogP contribution in [-0.2, 0) is 60.4 Å². The molecule has 5 N–H and O–H groups in total. The van der Waals surface area contributed by atoms with E-state index in [0.717, 1.165) is 273 Å². The number of aromatic carboxylic acids is 1. The van der Waals surface area contributed by atoms with Crippen molar-refractivity contribution in [3.8, 4) is 0 Å². The summed E-state index contributed by atoms with van der Waals surface area (Å²) in [5.74, 6) is -0.965. The van der Waals surface area contributed by atoms with Crippen LogP contribution in [0.25, 0.3) is 43.6 Å². The molecule has 4 fully saturated rings. The molecule has 0 saturated carbocycles. The van der Waals surface area contributed by atoms with Crippen LogP contribution in [0.4, 0.5) is 37.7 Å². The van der Waals surface area contributed by atoms with Gasteiger partial charge in [-0.15, -0.1) is 11.6 Å². The van der Waals surface area contributed by atoms with Crippen LogP contribution in [0, 0.1) is 27.7 Å². The Morgan fingerprint density at radius 3 is 1.22 bits per heavy atom. The van der Waals surface area contributed by atoms with Crippen molar-refractivity contribution >= 4 is 90.4 Å². The number of morpholine rings is 4. The summed E-state index contributed by atoms with van der Waals surface area (Å²) in [6, 6.07) is 40.5. The number of carbonyl (C=O) groups excluding carboxylic acids is 3. The molecular formula is C86H107ClF6N10O11. The molecule has 0 atom stereocenters. The summed E-state index contributed by atoms with van der Waals surface area (Å²) in [5, 5.41) is 15.7. The lowest BCUT2D eigenvalue weighted by Crippen LogP contribution is -2.37. The van der Waals surface area contributed by atoms with E-state index in [1.807, 2.05) is 133 Å². The number of fused-ring (bicyclic) bond motifs is 4. The Kier molecular flexibility index (Phi) is 34.2. The lowest BCUT2D eigenvalue weighted by atomic mass is 10.1. The van der Waals surface area contributed by atoms with Crippen molar-refractivity contribution in [1.82, 2.24) is 38.3 Å². The van der Waals surface area contributed by atoms with Gasteiger partial charge in [-0.05, 0) is 134 Å². The van der Waals surface area contributed by atoms with E-state index >= 15 is 0 Å². The fourth-order valence-corrected chi connectivity index (χ4v) is 14.7. The summed E-state index contributed by atoms with van der Waals surface area (Å²) >= 11 is 5.56. The third kappa shape index (κ3) is 24.9. The number of anilines is 2. The zero-order valence-electron chi connectivity index (χ0n) is 66.0. The minimum atomic E-state index is -4.47.